The summed E-state index contributed by atoms with van der Waals surface area (Å²) in [4.78, 5) is 22.5. The van der Waals surface area contributed by atoms with E-state index >= 15 is 0 Å². The van der Waals surface area contributed by atoms with E-state index in [1.165, 1.54) is 0 Å². The van der Waals surface area contributed by atoms with E-state index in [4.69, 9.17) is 5.21 Å². The zero-order valence-electron chi connectivity index (χ0n) is 12.3. The maximum absolute atomic E-state index is 11.7. The Morgan fingerprint density at radius 1 is 1.14 bits per heavy atom. The van der Waals surface area contributed by atoms with Crippen molar-refractivity contribution in [3.63, 3.8) is 0 Å². The largest absolute Gasteiger partial charge is 0.353 e. The third-order valence-electron chi connectivity index (χ3n) is 3.08. The first-order valence-corrected chi connectivity index (χ1v) is 7.08. The van der Waals surface area contributed by atoms with Crippen LogP contribution in [0.4, 0.5) is 0 Å². The third-order valence-corrected chi connectivity index (χ3v) is 3.08. The topological polar surface area (TPSA) is 78.4 Å². The monoisotopic (exact) mass is 290 g/mol. The van der Waals surface area contributed by atoms with Gasteiger partial charge in [0, 0.05) is 19.0 Å². The van der Waals surface area contributed by atoms with Crippen molar-refractivity contribution in [2.24, 2.45) is 0 Å². The highest BCUT2D eigenvalue weighted by Gasteiger charge is 2.01. The van der Waals surface area contributed by atoms with E-state index in [1.807, 2.05) is 37.3 Å². The normalized spacial score (nSPS) is 11.0. The molecule has 0 aromatic heterocycles. The molecule has 0 aliphatic heterocycles. The van der Waals surface area contributed by atoms with Gasteiger partial charge in [0.2, 0.25) is 11.8 Å². The van der Waals surface area contributed by atoms with Gasteiger partial charge in [0.25, 0.3) is 0 Å². The van der Waals surface area contributed by atoms with Crippen molar-refractivity contribution in [1.82, 2.24) is 10.8 Å². The molecule has 114 valence electrons. The number of hydroxylamine groups is 1. The fourth-order valence-electron chi connectivity index (χ4n) is 1.89. The number of carbonyl (C=O) groups excluding carboxylic acids is 2. The summed E-state index contributed by atoms with van der Waals surface area (Å²) in [6.07, 6.45) is 4.23. The quantitative estimate of drug-likeness (QED) is 0.297. The molecule has 0 heterocycles. The van der Waals surface area contributed by atoms with Crippen molar-refractivity contribution in [1.29, 1.82) is 0 Å². The van der Waals surface area contributed by atoms with Gasteiger partial charge in [-0.05, 0) is 30.9 Å². The predicted molar refractivity (Wildman–Crippen MR) is 81.5 cm³/mol. The summed E-state index contributed by atoms with van der Waals surface area (Å²) in [5.41, 5.74) is 3.55. The van der Waals surface area contributed by atoms with Gasteiger partial charge in [0.15, 0.2) is 0 Å². The Hall–Kier alpha value is -2.14. The minimum Gasteiger partial charge on any atom is -0.353 e. The molecule has 1 aromatic carbocycles. The first-order chi connectivity index (χ1) is 10.1. The SMILES string of the molecule is C/C(=C\C(=O)NCCCCCC(=O)NO)c1ccccc1. The molecule has 0 unspecified atom stereocenters. The van der Waals surface area contributed by atoms with Crippen molar-refractivity contribution < 1.29 is 14.8 Å². The summed E-state index contributed by atoms with van der Waals surface area (Å²) in [7, 11) is 0. The lowest BCUT2D eigenvalue weighted by Crippen LogP contribution is -2.22. The number of carbonyl (C=O) groups is 2. The fraction of sp³-hybridized carbons (Fsp3) is 0.375. The smallest absolute Gasteiger partial charge is 0.244 e. The van der Waals surface area contributed by atoms with Gasteiger partial charge in [0.05, 0.1) is 0 Å². The van der Waals surface area contributed by atoms with Gasteiger partial charge in [0.1, 0.15) is 0 Å². The molecule has 5 nitrogen and oxygen atoms in total. The second-order valence-electron chi connectivity index (χ2n) is 4.83. The standard InChI is InChI=1S/C16H22N2O3/c1-13(14-8-4-2-5-9-14)12-16(20)17-11-7-3-6-10-15(19)18-21/h2,4-5,8-9,12,21H,3,6-7,10-11H2,1H3,(H,17,20)(H,18,19)/b13-12+. The molecular formula is C16H22N2O3. The molecule has 0 saturated heterocycles. The van der Waals surface area contributed by atoms with E-state index in [9.17, 15) is 9.59 Å². The first kappa shape index (κ1) is 16.9. The van der Waals surface area contributed by atoms with Crippen LogP contribution in [0, 0.1) is 0 Å². The van der Waals surface area contributed by atoms with Crippen LogP contribution in [0.2, 0.25) is 0 Å². The van der Waals surface area contributed by atoms with Gasteiger partial charge in [-0.15, -0.1) is 0 Å². The number of rotatable bonds is 8. The number of benzene rings is 1. The molecule has 0 atom stereocenters. The van der Waals surface area contributed by atoms with Gasteiger partial charge in [-0.2, -0.15) is 0 Å². The van der Waals surface area contributed by atoms with Crippen molar-refractivity contribution in [2.75, 3.05) is 6.54 Å². The van der Waals surface area contributed by atoms with E-state index in [0.717, 1.165) is 24.0 Å². The van der Waals surface area contributed by atoms with Crippen LogP contribution >= 0.6 is 0 Å². The highest BCUT2D eigenvalue weighted by atomic mass is 16.5. The van der Waals surface area contributed by atoms with Crippen LogP contribution in [0.3, 0.4) is 0 Å². The number of unbranched alkanes of at least 4 members (excludes halogenated alkanes) is 2. The zero-order valence-corrected chi connectivity index (χ0v) is 12.3. The van der Waals surface area contributed by atoms with Crippen molar-refractivity contribution >= 4 is 17.4 Å². The van der Waals surface area contributed by atoms with Crippen LogP contribution < -0.4 is 10.8 Å². The Kier molecular flexibility index (Phi) is 7.82. The maximum atomic E-state index is 11.7. The number of hydrogen-bond acceptors (Lipinski definition) is 3. The zero-order chi connectivity index (χ0) is 15.5. The summed E-state index contributed by atoms with van der Waals surface area (Å²) in [6, 6.07) is 9.74. The molecule has 2 amide bonds. The fourth-order valence-corrected chi connectivity index (χ4v) is 1.89. The minimum atomic E-state index is -0.375. The molecule has 0 fully saturated rings. The van der Waals surface area contributed by atoms with Gasteiger partial charge < -0.3 is 5.32 Å². The van der Waals surface area contributed by atoms with Crippen molar-refractivity contribution in [2.45, 2.75) is 32.6 Å². The summed E-state index contributed by atoms with van der Waals surface area (Å²) in [6.45, 7) is 2.49. The predicted octanol–water partition coefficient (Wildman–Crippen LogP) is 2.27. The molecule has 0 saturated carbocycles. The lowest BCUT2D eigenvalue weighted by Gasteiger charge is -2.04. The first-order valence-electron chi connectivity index (χ1n) is 7.08. The molecule has 21 heavy (non-hydrogen) atoms. The lowest BCUT2D eigenvalue weighted by atomic mass is 10.1. The van der Waals surface area contributed by atoms with Gasteiger partial charge in [-0.3, -0.25) is 14.8 Å². The van der Waals surface area contributed by atoms with Crippen molar-refractivity contribution in [3.8, 4) is 0 Å². The lowest BCUT2D eigenvalue weighted by molar-refractivity contribution is -0.129. The van der Waals surface area contributed by atoms with E-state index < -0.39 is 0 Å². The van der Waals surface area contributed by atoms with Gasteiger partial charge in [-0.1, -0.05) is 36.8 Å². The second kappa shape index (κ2) is 9.72. The van der Waals surface area contributed by atoms with Crippen LogP contribution in [-0.2, 0) is 9.59 Å². The van der Waals surface area contributed by atoms with Gasteiger partial charge >= 0.3 is 0 Å². The summed E-state index contributed by atoms with van der Waals surface area (Å²) < 4.78 is 0. The van der Waals surface area contributed by atoms with Gasteiger partial charge in [-0.25, -0.2) is 5.48 Å². The van der Waals surface area contributed by atoms with E-state index in [1.54, 1.807) is 11.6 Å². The Balaban J connectivity index is 2.21. The van der Waals surface area contributed by atoms with E-state index in [-0.39, 0.29) is 11.8 Å². The molecule has 0 aliphatic rings. The van der Waals surface area contributed by atoms with E-state index in [2.05, 4.69) is 5.32 Å². The number of allylic oxidation sites excluding steroid dienone is 1. The average molecular weight is 290 g/mol. The third kappa shape index (κ3) is 7.27. The van der Waals surface area contributed by atoms with Crippen LogP contribution in [0.5, 0.6) is 0 Å². The highest BCUT2D eigenvalue weighted by molar-refractivity contribution is 5.94. The van der Waals surface area contributed by atoms with E-state index in [0.29, 0.717) is 19.4 Å². The van der Waals surface area contributed by atoms with Crippen molar-refractivity contribution in [3.05, 3.63) is 42.0 Å². The number of hydrogen-bond donors (Lipinski definition) is 3. The molecule has 0 radical (unpaired) electrons. The van der Waals surface area contributed by atoms with Crippen LogP contribution in [0.25, 0.3) is 5.57 Å². The highest BCUT2D eigenvalue weighted by Crippen LogP contribution is 2.12. The summed E-state index contributed by atoms with van der Waals surface area (Å²) >= 11 is 0. The molecule has 0 aliphatic carbocycles. The Bertz CT molecular complexity index is 484. The number of nitrogens with one attached hydrogen (secondary N) is 2. The van der Waals surface area contributed by atoms with Crippen LogP contribution in [-0.4, -0.2) is 23.6 Å². The second-order valence-corrected chi connectivity index (χ2v) is 4.83. The Morgan fingerprint density at radius 2 is 1.86 bits per heavy atom. The summed E-state index contributed by atoms with van der Waals surface area (Å²) in [5.74, 6) is -0.482. The minimum absolute atomic E-state index is 0.107. The Morgan fingerprint density at radius 3 is 2.52 bits per heavy atom. The molecule has 0 bridgehead atoms. The average Bonchev–Trinajstić information content (AvgIpc) is 2.51. The van der Waals surface area contributed by atoms with Crippen LogP contribution in [0.15, 0.2) is 36.4 Å². The molecule has 5 heteroatoms. The Labute approximate surface area is 125 Å². The maximum Gasteiger partial charge on any atom is 0.244 e. The molecular weight excluding hydrogens is 268 g/mol. The molecule has 3 N–H and O–H groups in total. The molecule has 1 aromatic rings. The molecule has 1 rings (SSSR count). The van der Waals surface area contributed by atoms with Crippen LogP contribution in [0.1, 0.15) is 38.2 Å². The number of amides is 2. The summed E-state index contributed by atoms with van der Waals surface area (Å²) in [5, 5.41) is 11.1. The molecule has 0 spiro atoms.